The van der Waals surface area contributed by atoms with Crippen LogP contribution < -0.4 is 14.9 Å². The van der Waals surface area contributed by atoms with E-state index < -0.39 is 12.0 Å². The predicted molar refractivity (Wildman–Crippen MR) is 152 cm³/mol. The fourth-order valence-electron chi connectivity index (χ4n) is 4.84. The lowest BCUT2D eigenvalue weighted by molar-refractivity contribution is -0.139. The van der Waals surface area contributed by atoms with E-state index in [9.17, 15) is 9.59 Å². The molecule has 5 rings (SSSR count). The smallest absolute Gasteiger partial charge is 0.338 e. The number of nitrogens with zero attached hydrogens (tertiary/aromatic N) is 3. The molecule has 0 amide bonds. The Kier molecular flexibility index (Phi) is 7.18. The van der Waals surface area contributed by atoms with Gasteiger partial charge in [-0.15, -0.1) is 0 Å². The minimum atomic E-state index is -0.677. The van der Waals surface area contributed by atoms with E-state index in [4.69, 9.17) is 27.9 Å². The highest BCUT2D eigenvalue weighted by molar-refractivity contribution is 7.07. The normalized spacial score (nSPS) is 15.4. The molecule has 0 unspecified atom stereocenters. The number of aromatic nitrogens is 2. The molecule has 1 atom stereocenters. The Hall–Kier alpha value is -3.39. The number of halogens is 2. The monoisotopic (exact) mass is 565 g/mol. The molecule has 2 aromatic heterocycles. The van der Waals surface area contributed by atoms with Gasteiger partial charge in [-0.2, -0.15) is 0 Å². The van der Waals surface area contributed by atoms with Crippen LogP contribution in [-0.2, 0) is 9.53 Å². The Morgan fingerprint density at radius 2 is 1.82 bits per heavy atom. The SMILES string of the molecule is CCOC(=O)C1=C(C)N=c2s/c(=C/c3cc(C)n(-c4cccc(Cl)c4)c3C)c(=O)n2[C@@H]1c1ccc(Cl)cc1. The van der Waals surface area contributed by atoms with Crippen molar-refractivity contribution in [3.8, 4) is 5.69 Å². The molecule has 0 bridgehead atoms. The number of carbonyl (C=O) groups excluding carboxylic acids is 1. The van der Waals surface area contributed by atoms with Crippen LogP contribution in [0, 0.1) is 13.8 Å². The highest BCUT2D eigenvalue weighted by Crippen LogP contribution is 2.31. The maximum absolute atomic E-state index is 13.9. The molecule has 194 valence electrons. The zero-order valence-electron chi connectivity index (χ0n) is 21.3. The zero-order valence-corrected chi connectivity index (χ0v) is 23.6. The van der Waals surface area contributed by atoms with E-state index in [0.717, 1.165) is 28.2 Å². The Morgan fingerprint density at radius 3 is 2.50 bits per heavy atom. The van der Waals surface area contributed by atoms with Gasteiger partial charge in [-0.3, -0.25) is 9.36 Å². The summed E-state index contributed by atoms with van der Waals surface area (Å²) in [5.74, 6) is -0.493. The summed E-state index contributed by atoms with van der Waals surface area (Å²) in [6, 6.07) is 16.1. The van der Waals surface area contributed by atoms with Gasteiger partial charge >= 0.3 is 5.97 Å². The summed E-state index contributed by atoms with van der Waals surface area (Å²) in [5, 5.41) is 1.22. The molecule has 0 radical (unpaired) electrons. The molecule has 0 spiro atoms. The molecule has 0 N–H and O–H groups in total. The number of carbonyl (C=O) groups is 1. The van der Waals surface area contributed by atoms with Crippen LogP contribution in [0.2, 0.25) is 10.0 Å². The molecular weight excluding hydrogens is 541 g/mol. The number of hydrogen-bond acceptors (Lipinski definition) is 5. The Labute approximate surface area is 233 Å². The molecular formula is C29H25Cl2N3O3S. The van der Waals surface area contributed by atoms with Gasteiger partial charge in [0, 0.05) is 27.1 Å². The first-order valence-corrected chi connectivity index (χ1v) is 13.7. The summed E-state index contributed by atoms with van der Waals surface area (Å²) in [7, 11) is 0. The van der Waals surface area contributed by atoms with Crippen molar-refractivity contribution in [1.29, 1.82) is 0 Å². The minimum absolute atomic E-state index is 0.218. The summed E-state index contributed by atoms with van der Waals surface area (Å²) in [6.45, 7) is 7.76. The number of thiazole rings is 1. The van der Waals surface area contributed by atoms with Crippen LogP contribution in [0.15, 0.2) is 75.7 Å². The molecule has 38 heavy (non-hydrogen) atoms. The van der Waals surface area contributed by atoms with Gasteiger partial charge in [0.25, 0.3) is 5.56 Å². The van der Waals surface area contributed by atoms with E-state index in [1.54, 1.807) is 30.5 Å². The zero-order chi connectivity index (χ0) is 27.1. The van der Waals surface area contributed by atoms with E-state index in [1.165, 1.54) is 11.3 Å². The first kappa shape index (κ1) is 26.2. The van der Waals surface area contributed by atoms with Gasteiger partial charge in [0.05, 0.1) is 28.5 Å². The summed E-state index contributed by atoms with van der Waals surface area (Å²) in [5.41, 5.74) is 5.25. The second kappa shape index (κ2) is 10.4. The van der Waals surface area contributed by atoms with Crippen molar-refractivity contribution in [1.82, 2.24) is 9.13 Å². The van der Waals surface area contributed by atoms with Gasteiger partial charge in [-0.1, -0.05) is 52.7 Å². The third kappa shape index (κ3) is 4.66. The van der Waals surface area contributed by atoms with E-state index in [2.05, 4.69) is 9.56 Å². The maximum Gasteiger partial charge on any atom is 0.338 e. The molecule has 6 nitrogen and oxygen atoms in total. The molecule has 1 aliphatic heterocycles. The minimum Gasteiger partial charge on any atom is -0.463 e. The van der Waals surface area contributed by atoms with Crippen molar-refractivity contribution >= 4 is 46.6 Å². The van der Waals surface area contributed by atoms with E-state index in [0.29, 0.717) is 30.6 Å². The summed E-state index contributed by atoms with van der Waals surface area (Å²) in [6.07, 6.45) is 1.88. The van der Waals surface area contributed by atoms with Gasteiger partial charge in [-0.05, 0) is 81.3 Å². The molecule has 4 aromatic rings. The van der Waals surface area contributed by atoms with Gasteiger partial charge in [0.1, 0.15) is 0 Å². The van der Waals surface area contributed by atoms with Crippen LogP contribution in [-0.4, -0.2) is 21.7 Å². The molecule has 3 heterocycles. The number of rotatable bonds is 5. The number of hydrogen-bond donors (Lipinski definition) is 0. The van der Waals surface area contributed by atoms with Crippen LogP contribution in [0.5, 0.6) is 0 Å². The molecule has 0 saturated heterocycles. The van der Waals surface area contributed by atoms with E-state index in [-0.39, 0.29) is 12.2 Å². The van der Waals surface area contributed by atoms with Crippen LogP contribution in [0.1, 0.15) is 42.4 Å². The van der Waals surface area contributed by atoms with Crippen molar-refractivity contribution in [2.24, 2.45) is 4.99 Å². The highest BCUT2D eigenvalue weighted by atomic mass is 35.5. The lowest BCUT2D eigenvalue weighted by Gasteiger charge is -2.24. The third-order valence-corrected chi connectivity index (χ3v) is 8.00. The van der Waals surface area contributed by atoms with Crippen molar-refractivity contribution in [2.75, 3.05) is 6.61 Å². The summed E-state index contributed by atoms with van der Waals surface area (Å²) in [4.78, 5) is 32.1. The molecule has 0 aliphatic carbocycles. The number of fused-ring (bicyclic) bond motifs is 1. The molecule has 2 aromatic carbocycles. The first-order chi connectivity index (χ1) is 18.2. The van der Waals surface area contributed by atoms with Gasteiger partial charge in [0.15, 0.2) is 4.80 Å². The first-order valence-electron chi connectivity index (χ1n) is 12.1. The average molecular weight is 567 g/mol. The van der Waals surface area contributed by atoms with Gasteiger partial charge < -0.3 is 9.30 Å². The quantitative estimate of drug-likeness (QED) is 0.299. The lowest BCUT2D eigenvalue weighted by atomic mass is 9.96. The predicted octanol–water partition coefficient (Wildman–Crippen LogP) is 5.51. The third-order valence-electron chi connectivity index (χ3n) is 6.53. The molecule has 1 aliphatic rings. The van der Waals surface area contributed by atoms with E-state index >= 15 is 0 Å². The van der Waals surface area contributed by atoms with Crippen LogP contribution in [0.4, 0.5) is 0 Å². The largest absolute Gasteiger partial charge is 0.463 e. The fraction of sp³-hybridized carbons (Fsp3) is 0.207. The van der Waals surface area contributed by atoms with Crippen LogP contribution in [0.25, 0.3) is 11.8 Å². The number of aryl methyl sites for hydroxylation is 1. The molecule has 0 fully saturated rings. The molecule has 9 heteroatoms. The van der Waals surface area contributed by atoms with Crippen molar-refractivity contribution in [3.05, 3.63) is 118 Å². The van der Waals surface area contributed by atoms with Crippen LogP contribution >= 0.6 is 34.5 Å². The van der Waals surface area contributed by atoms with Gasteiger partial charge in [-0.25, -0.2) is 9.79 Å². The summed E-state index contributed by atoms with van der Waals surface area (Å²) >= 11 is 13.7. The Bertz CT molecular complexity index is 1780. The highest BCUT2D eigenvalue weighted by Gasteiger charge is 2.33. The number of allylic oxidation sites excluding steroid dienone is 1. The summed E-state index contributed by atoms with van der Waals surface area (Å²) < 4.78 is 9.56. The lowest BCUT2D eigenvalue weighted by Crippen LogP contribution is -2.39. The second-order valence-corrected chi connectivity index (χ2v) is 10.9. The Balaban J connectivity index is 1.69. The maximum atomic E-state index is 13.9. The Morgan fingerprint density at radius 1 is 1.08 bits per heavy atom. The van der Waals surface area contributed by atoms with Crippen molar-refractivity contribution in [3.63, 3.8) is 0 Å². The average Bonchev–Trinajstić information content (AvgIpc) is 3.33. The van der Waals surface area contributed by atoms with Crippen molar-refractivity contribution < 1.29 is 9.53 Å². The van der Waals surface area contributed by atoms with Gasteiger partial charge in [0.2, 0.25) is 0 Å². The van der Waals surface area contributed by atoms with Crippen molar-refractivity contribution in [2.45, 2.75) is 33.7 Å². The fourth-order valence-corrected chi connectivity index (χ4v) is 6.19. The molecule has 0 saturated carbocycles. The number of esters is 1. The standard InChI is InChI=1S/C29H25Cl2N3O3S/c1-5-37-28(36)25-17(3)32-29-34(26(25)19-9-11-21(30)12-10-19)27(35)24(38-29)14-20-13-16(2)33(18(20)4)23-8-6-7-22(31)15-23/h6-15,26H,5H2,1-4H3/b24-14+/t26-/m1/s1. The van der Waals surface area contributed by atoms with Crippen LogP contribution in [0.3, 0.4) is 0 Å². The second-order valence-electron chi connectivity index (χ2n) is 9.00. The van der Waals surface area contributed by atoms with E-state index in [1.807, 2.05) is 62.4 Å². The number of ether oxygens (including phenoxy) is 1. The topological polar surface area (TPSA) is 65.6 Å². The number of benzene rings is 2.